The fourth-order valence-corrected chi connectivity index (χ4v) is 3.48. The van der Waals surface area contributed by atoms with Crippen LogP contribution in [0.3, 0.4) is 0 Å². The van der Waals surface area contributed by atoms with Crippen LogP contribution in [0.25, 0.3) is 26.9 Å². The standard InChI is InChI=1S/C15H8N4S2/c16-7-9-2-1-3-12-14(9)18-15(20)19(12)10-4-5-11-13(6-10)21-8-17-11/h1-6,8H,(H,18,20). The maximum atomic E-state index is 9.20. The van der Waals surface area contributed by atoms with Gasteiger partial charge in [0.05, 0.1) is 32.3 Å². The predicted molar refractivity (Wildman–Crippen MR) is 86.4 cm³/mol. The molecule has 0 bridgehead atoms. The molecule has 0 fully saturated rings. The summed E-state index contributed by atoms with van der Waals surface area (Å²) in [4.78, 5) is 7.42. The molecule has 6 heteroatoms. The quantitative estimate of drug-likeness (QED) is 0.537. The summed E-state index contributed by atoms with van der Waals surface area (Å²) < 4.78 is 3.64. The fourth-order valence-electron chi connectivity index (χ4n) is 2.46. The summed E-state index contributed by atoms with van der Waals surface area (Å²) >= 11 is 7.03. The van der Waals surface area contributed by atoms with Gasteiger partial charge in [0, 0.05) is 5.69 Å². The van der Waals surface area contributed by atoms with Crippen LogP contribution < -0.4 is 0 Å². The van der Waals surface area contributed by atoms with Gasteiger partial charge >= 0.3 is 0 Å². The van der Waals surface area contributed by atoms with Crippen molar-refractivity contribution < 1.29 is 0 Å². The van der Waals surface area contributed by atoms with Gasteiger partial charge in [-0.05, 0) is 42.5 Å². The zero-order valence-electron chi connectivity index (χ0n) is 10.7. The Kier molecular flexibility index (Phi) is 2.64. The van der Waals surface area contributed by atoms with Crippen molar-refractivity contribution in [2.45, 2.75) is 0 Å². The van der Waals surface area contributed by atoms with E-state index in [2.05, 4.69) is 22.1 Å². The first-order chi connectivity index (χ1) is 10.3. The molecule has 100 valence electrons. The number of aromatic nitrogens is 3. The third-order valence-electron chi connectivity index (χ3n) is 3.41. The molecule has 0 aliphatic heterocycles. The summed E-state index contributed by atoms with van der Waals surface area (Å²) in [6.45, 7) is 0. The van der Waals surface area contributed by atoms with E-state index in [-0.39, 0.29) is 0 Å². The molecule has 0 saturated carbocycles. The molecular weight excluding hydrogens is 300 g/mol. The number of para-hydroxylation sites is 1. The lowest BCUT2D eigenvalue weighted by Crippen LogP contribution is -1.93. The van der Waals surface area contributed by atoms with Crippen molar-refractivity contribution in [3.63, 3.8) is 0 Å². The van der Waals surface area contributed by atoms with Gasteiger partial charge in [-0.25, -0.2) is 4.98 Å². The summed E-state index contributed by atoms with van der Waals surface area (Å²) in [5.74, 6) is 0. The van der Waals surface area contributed by atoms with Crippen LogP contribution in [0.15, 0.2) is 41.9 Å². The highest BCUT2D eigenvalue weighted by Crippen LogP contribution is 2.26. The molecule has 2 heterocycles. The number of imidazole rings is 1. The van der Waals surface area contributed by atoms with Crippen molar-refractivity contribution in [2.75, 3.05) is 0 Å². The predicted octanol–water partition coefficient (Wildman–Crippen LogP) is 4.17. The number of nitrogens with one attached hydrogen (secondary N) is 1. The van der Waals surface area contributed by atoms with Gasteiger partial charge < -0.3 is 4.98 Å². The molecule has 0 saturated heterocycles. The van der Waals surface area contributed by atoms with Crippen LogP contribution in [0.4, 0.5) is 0 Å². The number of nitriles is 1. The summed E-state index contributed by atoms with van der Waals surface area (Å²) in [6.07, 6.45) is 0. The number of aromatic amines is 1. The van der Waals surface area contributed by atoms with E-state index in [0.717, 1.165) is 26.9 Å². The number of thiazole rings is 1. The molecule has 4 rings (SSSR count). The second kappa shape index (κ2) is 4.52. The molecule has 4 aromatic rings. The van der Waals surface area contributed by atoms with Crippen molar-refractivity contribution in [2.24, 2.45) is 0 Å². The van der Waals surface area contributed by atoms with Gasteiger partial charge in [0.1, 0.15) is 6.07 Å². The number of hydrogen-bond donors (Lipinski definition) is 1. The van der Waals surface area contributed by atoms with E-state index in [0.29, 0.717) is 10.3 Å². The van der Waals surface area contributed by atoms with Crippen molar-refractivity contribution in [1.82, 2.24) is 14.5 Å². The van der Waals surface area contributed by atoms with Crippen molar-refractivity contribution in [3.05, 3.63) is 52.2 Å². The van der Waals surface area contributed by atoms with Gasteiger partial charge in [-0.15, -0.1) is 11.3 Å². The molecule has 0 spiro atoms. The Balaban J connectivity index is 2.08. The fraction of sp³-hybridized carbons (Fsp3) is 0. The normalized spacial score (nSPS) is 11.0. The van der Waals surface area contributed by atoms with Crippen molar-refractivity contribution in [3.8, 4) is 11.8 Å². The molecule has 2 aromatic carbocycles. The van der Waals surface area contributed by atoms with Gasteiger partial charge in [0.15, 0.2) is 4.77 Å². The third kappa shape index (κ3) is 1.79. The third-order valence-corrected chi connectivity index (χ3v) is 4.49. The molecule has 4 nitrogen and oxygen atoms in total. The zero-order chi connectivity index (χ0) is 14.4. The molecule has 0 unspecified atom stereocenters. The van der Waals surface area contributed by atoms with Gasteiger partial charge in [-0.3, -0.25) is 4.57 Å². The average molecular weight is 308 g/mol. The van der Waals surface area contributed by atoms with Crippen molar-refractivity contribution in [1.29, 1.82) is 5.26 Å². The van der Waals surface area contributed by atoms with Crippen LogP contribution in [0.5, 0.6) is 0 Å². The Labute approximate surface area is 128 Å². The highest BCUT2D eigenvalue weighted by atomic mass is 32.1. The minimum Gasteiger partial charge on any atom is -0.329 e. The first-order valence-corrected chi connectivity index (χ1v) is 7.54. The van der Waals surface area contributed by atoms with Gasteiger partial charge in [0.25, 0.3) is 0 Å². The van der Waals surface area contributed by atoms with E-state index < -0.39 is 0 Å². The maximum Gasteiger partial charge on any atom is 0.182 e. The molecule has 21 heavy (non-hydrogen) atoms. The molecule has 2 aromatic heterocycles. The summed E-state index contributed by atoms with van der Waals surface area (Å²) in [5.41, 5.74) is 6.05. The van der Waals surface area contributed by atoms with Gasteiger partial charge in [0.2, 0.25) is 0 Å². The Morgan fingerprint density at radius 1 is 1.29 bits per heavy atom. The summed E-state index contributed by atoms with van der Waals surface area (Å²) in [6, 6.07) is 13.8. The first-order valence-electron chi connectivity index (χ1n) is 6.25. The molecular formula is C15H8N4S2. The zero-order valence-corrected chi connectivity index (χ0v) is 12.3. The van der Waals surface area contributed by atoms with Gasteiger partial charge in [-0.2, -0.15) is 5.26 Å². The minimum absolute atomic E-state index is 0.580. The van der Waals surface area contributed by atoms with Crippen LogP contribution >= 0.6 is 23.6 Å². The summed E-state index contributed by atoms with van der Waals surface area (Å²) in [7, 11) is 0. The molecule has 1 N–H and O–H groups in total. The van der Waals surface area contributed by atoms with E-state index >= 15 is 0 Å². The Bertz CT molecular complexity index is 1080. The Morgan fingerprint density at radius 2 is 2.19 bits per heavy atom. The van der Waals surface area contributed by atoms with E-state index in [4.69, 9.17) is 12.2 Å². The van der Waals surface area contributed by atoms with E-state index in [1.807, 2.05) is 34.3 Å². The average Bonchev–Trinajstić information content (AvgIpc) is 3.08. The molecule has 0 aliphatic carbocycles. The SMILES string of the molecule is N#Cc1cccc2c1[nH]c(=S)n2-c1ccc2ncsc2c1. The second-order valence-electron chi connectivity index (χ2n) is 4.58. The van der Waals surface area contributed by atoms with Crippen molar-refractivity contribution >= 4 is 44.8 Å². The maximum absolute atomic E-state index is 9.20. The van der Waals surface area contributed by atoms with Crippen LogP contribution in [0, 0.1) is 16.1 Å². The second-order valence-corrected chi connectivity index (χ2v) is 5.85. The van der Waals surface area contributed by atoms with Crippen LogP contribution in [-0.2, 0) is 0 Å². The lowest BCUT2D eigenvalue weighted by atomic mass is 10.2. The molecule has 0 amide bonds. The Hall–Kier alpha value is -2.49. The van der Waals surface area contributed by atoms with Crippen LogP contribution in [-0.4, -0.2) is 14.5 Å². The van der Waals surface area contributed by atoms with E-state index in [9.17, 15) is 5.26 Å². The van der Waals surface area contributed by atoms with Gasteiger partial charge in [-0.1, -0.05) is 6.07 Å². The number of rotatable bonds is 1. The number of nitrogens with zero attached hydrogens (tertiary/aromatic N) is 3. The lowest BCUT2D eigenvalue weighted by molar-refractivity contribution is 1.07. The number of H-pyrrole nitrogens is 1. The van der Waals surface area contributed by atoms with Crippen LogP contribution in [0.1, 0.15) is 5.56 Å². The van der Waals surface area contributed by atoms with E-state index in [1.54, 1.807) is 17.4 Å². The smallest absolute Gasteiger partial charge is 0.182 e. The highest BCUT2D eigenvalue weighted by molar-refractivity contribution is 7.71. The first kappa shape index (κ1) is 12.3. The topological polar surface area (TPSA) is 57.4 Å². The molecule has 0 atom stereocenters. The van der Waals surface area contributed by atoms with E-state index in [1.165, 1.54) is 0 Å². The molecule has 0 aliphatic rings. The number of benzene rings is 2. The summed E-state index contributed by atoms with van der Waals surface area (Å²) in [5, 5.41) is 9.20. The monoisotopic (exact) mass is 308 g/mol. The number of fused-ring (bicyclic) bond motifs is 2. The molecule has 0 radical (unpaired) electrons. The minimum atomic E-state index is 0.580. The largest absolute Gasteiger partial charge is 0.329 e. The van der Waals surface area contributed by atoms with Crippen LogP contribution in [0.2, 0.25) is 0 Å². The lowest BCUT2D eigenvalue weighted by Gasteiger charge is -2.04. The highest BCUT2D eigenvalue weighted by Gasteiger charge is 2.10. The Morgan fingerprint density at radius 3 is 3.05 bits per heavy atom. The number of hydrogen-bond acceptors (Lipinski definition) is 4.